The molecule has 1 N–H and O–H groups in total. The third-order valence-corrected chi connectivity index (χ3v) is 2.83. The number of benzene rings is 1. The smallest absolute Gasteiger partial charge is 0.335 e. The van der Waals surface area contributed by atoms with Crippen LogP contribution in [-0.2, 0) is 4.79 Å². The quantitative estimate of drug-likeness (QED) is 0.815. The molecular weight excluding hydrogens is 232 g/mol. The summed E-state index contributed by atoms with van der Waals surface area (Å²) in [5.41, 5.74) is 1.67. The highest BCUT2D eigenvalue weighted by molar-refractivity contribution is 5.90. The first-order chi connectivity index (χ1) is 8.38. The van der Waals surface area contributed by atoms with Crippen LogP contribution in [-0.4, -0.2) is 17.5 Å². The van der Waals surface area contributed by atoms with Crippen molar-refractivity contribution in [3.8, 4) is 5.75 Å². The molecule has 4 nitrogen and oxygen atoms in total. The number of carbonyl (C=O) groups excluding carboxylic acids is 1. The normalized spacial score (nSPS) is 10.8. The molecule has 0 bridgehead atoms. The van der Waals surface area contributed by atoms with Gasteiger partial charge in [0, 0.05) is 0 Å². The van der Waals surface area contributed by atoms with Crippen molar-refractivity contribution in [2.24, 2.45) is 0 Å². The van der Waals surface area contributed by atoms with E-state index >= 15 is 0 Å². The number of carboxylic acids is 1. The molecule has 98 valence electrons. The van der Waals surface area contributed by atoms with E-state index in [1.807, 2.05) is 27.7 Å². The summed E-state index contributed by atoms with van der Waals surface area (Å²) in [6.45, 7) is 8.02. The molecule has 18 heavy (non-hydrogen) atoms. The minimum absolute atomic E-state index is 0.0475. The molecule has 0 aliphatic carbocycles. The molecule has 0 radical (unpaired) electrons. The van der Waals surface area contributed by atoms with Crippen LogP contribution in [0, 0.1) is 0 Å². The summed E-state index contributed by atoms with van der Waals surface area (Å²) in [6.07, 6.45) is 0. The van der Waals surface area contributed by atoms with Gasteiger partial charge >= 0.3 is 5.97 Å². The van der Waals surface area contributed by atoms with Crippen LogP contribution >= 0.6 is 0 Å². The van der Waals surface area contributed by atoms with Gasteiger partial charge in [0.05, 0.1) is 5.56 Å². The lowest BCUT2D eigenvalue weighted by atomic mass is 9.91. The summed E-state index contributed by atoms with van der Waals surface area (Å²) in [7, 11) is 0. The average Bonchev–Trinajstić information content (AvgIpc) is 2.28. The predicted molar refractivity (Wildman–Crippen MR) is 68.3 cm³/mol. The lowest BCUT2D eigenvalue weighted by Gasteiger charge is -2.17. The number of carbonyl (C=O) groups is 2. The van der Waals surface area contributed by atoms with Crippen LogP contribution in [0.25, 0.3) is 0 Å². The molecule has 0 fully saturated rings. The third-order valence-electron chi connectivity index (χ3n) is 2.83. The number of ether oxygens (including phenoxy) is 1. The fourth-order valence-corrected chi connectivity index (χ4v) is 1.88. The fourth-order valence-electron chi connectivity index (χ4n) is 1.88. The second-order valence-electron chi connectivity index (χ2n) is 4.81. The van der Waals surface area contributed by atoms with Gasteiger partial charge in [0.15, 0.2) is 0 Å². The predicted octanol–water partition coefficient (Wildman–Crippen LogP) is 3.17. The third kappa shape index (κ3) is 2.88. The Hall–Kier alpha value is -1.84. The van der Waals surface area contributed by atoms with Crippen molar-refractivity contribution in [3.05, 3.63) is 28.8 Å². The Morgan fingerprint density at radius 3 is 2.11 bits per heavy atom. The minimum Gasteiger partial charge on any atom is -0.478 e. The summed E-state index contributed by atoms with van der Waals surface area (Å²) < 4.78 is 4.95. The average molecular weight is 250 g/mol. The Morgan fingerprint density at radius 2 is 1.72 bits per heavy atom. The van der Waals surface area contributed by atoms with Crippen LogP contribution in [0.15, 0.2) is 12.1 Å². The highest BCUT2D eigenvalue weighted by Crippen LogP contribution is 2.32. The summed E-state index contributed by atoms with van der Waals surface area (Å²) in [4.78, 5) is 21.8. The van der Waals surface area contributed by atoms with Crippen molar-refractivity contribution in [3.63, 3.8) is 0 Å². The Bertz CT molecular complexity index is 461. The molecule has 0 heterocycles. The Labute approximate surface area is 107 Å². The molecule has 1 aromatic rings. The van der Waals surface area contributed by atoms with E-state index in [0.717, 1.165) is 5.56 Å². The molecule has 1 rings (SSSR count). The number of hydrogen-bond donors (Lipinski definition) is 1. The van der Waals surface area contributed by atoms with Crippen molar-refractivity contribution in [2.75, 3.05) is 0 Å². The van der Waals surface area contributed by atoms with E-state index in [0.29, 0.717) is 17.8 Å². The largest absolute Gasteiger partial charge is 0.478 e. The van der Waals surface area contributed by atoms with Crippen molar-refractivity contribution in [1.29, 1.82) is 0 Å². The van der Waals surface area contributed by atoms with Crippen molar-refractivity contribution in [2.45, 2.75) is 39.5 Å². The summed E-state index contributed by atoms with van der Waals surface area (Å²) in [5, 5.41) is 9.23. The molecule has 0 aromatic heterocycles. The highest BCUT2D eigenvalue weighted by Gasteiger charge is 2.19. The maximum Gasteiger partial charge on any atom is 0.335 e. The Morgan fingerprint density at radius 1 is 1.17 bits per heavy atom. The molecule has 0 saturated carbocycles. The summed E-state index contributed by atoms with van der Waals surface area (Å²) in [6, 6.07) is 3.25. The second kappa shape index (κ2) is 5.67. The lowest BCUT2D eigenvalue weighted by Crippen LogP contribution is -2.08. The first kappa shape index (κ1) is 14.2. The van der Waals surface area contributed by atoms with Gasteiger partial charge in [-0.1, -0.05) is 27.7 Å². The molecule has 0 amide bonds. The van der Waals surface area contributed by atoms with E-state index in [1.165, 1.54) is 0 Å². The molecule has 0 atom stereocenters. The zero-order valence-corrected chi connectivity index (χ0v) is 11.1. The van der Waals surface area contributed by atoms with E-state index in [4.69, 9.17) is 4.74 Å². The van der Waals surface area contributed by atoms with E-state index in [1.54, 1.807) is 12.1 Å². The van der Waals surface area contributed by atoms with Crippen LogP contribution in [0.3, 0.4) is 0 Å². The first-order valence-electron chi connectivity index (χ1n) is 5.89. The van der Waals surface area contributed by atoms with Gasteiger partial charge in [-0.05, 0) is 35.1 Å². The van der Waals surface area contributed by atoms with E-state index < -0.39 is 5.97 Å². The monoisotopic (exact) mass is 250 g/mol. The fraction of sp³-hybridized carbons (Fsp3) is 0.429. The van der Waals surface area contributed by atoms with Gasteiger partial charge < -0.3 is 9.84 Å². The SMILES string of the molecule is CC(C)c1cc(C(=O)O)c(C(C)C)cc1OC=O. The molecular formula is C14H18O4. The number of rotatable bonds is 5. The summed E-state index contributed by atoms with van der Waals surface area (Å²) in [5.74, 6) is -0.391. The molecule has 0 aliphatic heterocycles. The van der Waals surface area contributed by atoms with Crippen LogP contribution in [0.2, 0.25) is 0 Å². The zero-order valence-electron chi connectivity index (χ0n) is 11.1. The Kier molecular flexibility index (Phi) is 4.48. The molecule has 0 aliphatic rings. The van der Waals surface area contributed by atoms with Gasteiger partial charge in [0.2, 0.25) is 0 Å². The van der Waals surface area contributed by atoms with Gasteiger partial charge in [0.25, 0.3) is 6.47 Å². The van der Waals surface area contributed by atoms with Gasteiger partial charge in [-0.2, -0.15) is 0 Å². The molecule has 0 saturated heterocycles. The minimum atomic E-state index is -0.960. The Balaban J connectivity index is 3.49. The number of aromatic carboxylic acids is 1. The van der Waals surface area contributed by atoms with Gasteiger partial charge in [-0.15, -0.1) is 0 Å². The van der Waals surface area contributed by atoms with Crippen molar-refractivity contribution >= 4 is 12.4 Å². The topological polar surface area (TPSA) is 63.6 Å². The van der Waals surface area contributed by atoms with E-state index in [-0.39, 0.29) is 17.4 Å². The highest BCUT2D eigenvalue weighted by atomic mass is 16.5. The number of carboxylic acid groups (broad SMARTS) is 1. The van der Waals surface area contributed by atoms with Crippen LogP contribution in [0.5, 0.6) is 5.75 Å². The summed E-state index contributed by atoms with van der Waals surface area (Å²) >= 11 is 0. The van der Waals surface area contributed by atoms with Crippen LogP contribution in [0.4, 0.5) is 0 Å². The van der Waals surface area contributed by atoms with E-state index in [9.17, 15) is 14.7 Å². The molecule has 1 aromatic carbocycles. The first-order valence-corrected chi connectivity index (χ1v) is 5.89. The number of hydrogen-bond acceptors (Lipinski definition) is 3. The standard InChI is InChI=1S/C14H18O4/c1-8(2)10-6-13(18-7-15)11(9(3)4)5-12(10)14(16)17/h5-9H,1-4H3,(H,16,17). The molecule has 4 heteroatoms. The van der Waals surface area contributed by atoms with Gasteiger partial charge in [-0.25, -0.2) is 4.79 Å². The van der Waals surface area contributed by atoms with Crippen LogP contribution in [0.1, 0.15) is 61.0 Å². The van der Waals surface area contributed by atoms with Gasteiger partial charge in [-0.3, -0.25) is 4.79 Å². The van der Waals surface area contributed by atoms with Crippen molar-refractivity contribution in [1.82, 2.24) is 0 Å². The van der Waals surface area contributed by atoms with Gasteiger partial charge in [0.1, 0.15) is 5.75 Å². The molecule has 0 unspecified atom stereocenters. The van der Waals surface area contributed by atoms with Crippen molar-refractivity contribution < 1.29 is 19.4 Å². The maximum absolute atomic E-state index is 11.3. The maximum atomic E-state index is 11.3. The lowest BCUT2D eigenvalue weighted by molar-refractivity contribution is -0.120. The zero-order chi connectivity index (χ0) is 13.9. The second-order valence-corrected chi connectivity index (χ2v) is 4.81. The van der Waals surface area contributed by atoms with E-state index in [2.05, 4.69) is 0 Å². The molecule has 0 spiro atoms. The van der Waals surface area contributed by atoms with Crippen LogP contribution < -0.4 is 4.74 Å².